The van der Waals surface area contributed by atoms with Gasteiger partial charge in [0.05, 0.1) is 0 Å². The van der Waals surface area contributed by atoms with Gasteiger partial charge in [0.15, 0.2) is 5.78 Å². The van der Waals surface area contributed by atoms with Crippen molar-refractivity contribution in [3.8, 4) is 0 Å². The molecule has 0 N–H and O–H groups in total. The van der Waals surface area contributed by atoms with Gasteiger partial charge in [0, 0.05) is 6.42 Å². The second-order valence-corrected chi connectivity index (χ2v) is 5.20. The molecule has 0 amide bonds. The standard InChI is InChI=1S/C14H22O/c15-14-10-12-7-5-3-1-2-4-6-8-13(9-12)11-14/h10,13H,1-9,11H2/t13-/m1/s1. The van der Waals surface area contributed by atoms with E-state index >= 15 is 0 Å². The molecule has 0 saturated heterocycles. The van der Waals surface area contributed by atoms with Gasteiger partial charge in [-0.2, -0.15) is 0 Å². The molecule has 0 aromatic rings. The maximum absolute atomic E-state index is 11.5. The lowest BCUT2D eigenvalue weighted by Crippen LogP contribution is -2.14. The Bertz CT molecular complexity index is 252. The second-order valence-electron chi connectivity index (χ2n) is 5.20. The number of rotatable bonds is 0. The number of hydrogen-bond acceptors (Lipinski definition) is 1. The van der Waals surface area contributed by atoms with E-state index in [9.17, 15) is 4.79 Å². The van der Waals surface area contributed by atoms with E-state index in [0.717, 1.165) is 6.42 Å². The summed E-state index contributed by atoms with van der Waals surface area (Å²) in [4.78, 5) is 11.5. The van der Waals surface area contributed by atoms with Crippen molar-refractivity contribution in [1.29, 1.82) is 0 Å². The second kappa shape index (κ2) is 5.48. The Hall–Kier alpha value is -0.590. The minimum absolute atomic E-state index is 0.389. The van der Waals surface area contributed by atoms with Crippen LogP contribution in [0.3, 0.4) is 0 Å². The van der Waals surface area contributed by atoms with Gasteiger partial charge in [-0.3, -0.25) is 4.79 Å². The molecule has 1 nitrogen and oxygen atoms in total. The first-order valence-electron chi connectivity index (χ1n) is 6.57. The van der Waals surface area contributed by atoms with E-state index < -0.39 is 0 Å². The molecule has 15 heavy (non-hydrogen) atoms. The van der Waals surface area contributed by atoms with Crippen LogP contribution in [0.2, 0.25) is 0 Å². The fourth-order valence-corrected chi connectivity index (χ4v) is 2.94. The molecule has 2 bridgehead atoms. The summed E-state index contributed by atoms with van der Waals surface area (Å²) in [6.45, 7) is 0. The van der Waals surface area contributed by atoms with E-state index in [2.05, 4.69) is 0 Å². The maximum atomic E-state index is 11.5. The van der Waals surface area contributed by atoms with E-state index in [1.54, 1.807) is 0 Å². The molecule has 1 fully saturated rings. The predicted octanol–water partition coefficient (Wildman–Crippen LogP) is 4.03. The Morgan fingerprint density at radius 2 is 1.67 bits per heavy atom. The van der Waals surface area contributed by atoms with Crippen molar-refractivity contribution < 1.29 is 4.79 Å². The third-order valence-electron chi connectivity index (χ3n) is 3.77. The average molecular weight is 206 g/mol. The average Bonchev–Trinajstić information content (AvgIpc) is 2.23. The van der Waals surface area contributed by atoms with Crippen molar-refractivity contribution >= 4 is 5.78 Å². The van der Waals surface area contributed by atoms with Gasteiger partial charge in [0.25, 0.3) is 0 Å². The van der Waals surface area contributed by atoms with Crippen molar-refractivity contribution in [2.24, 2.45) is 5.92 Å². The quantitative estimate of drug-likeness (QED) is 0.585. The van der Waals surface area contributed by atoms with Crippen molar-refractivity contribution in [2.45, 2.75) is 64.2 Å². The number of ketones is 1. The highest BCUT2D eigenvalue weighted by Crippen LogP contribution is 2.30. The summed E-state index contributed by atoms with van der Waals surface area (Å²) in [7, 11) is 0. The summed E-state index contributed by atoms with van der Waals surface area (Å²) in [5.41, 5.74) is 1.44. The van der Waals surface area contributed by atoms with Crippen LogP contribution in [0.25, 0.3) is 0 Å². The molecule has 0 unspecified atom stereocenters. The minimum Gasteiger partial charge on any atom is -0.295 e. The zero-order chi connectivity index (χ0) is 10.5. The van der Waals surface area contributed by atoms with Gasteiger partial charge in [-0.25, -0.2) is 0 Å². The molecule has 2 aliphatic rings. The summed E-state index contributed by atoms with van der Waals surface area (Å²) in [5, 5.41) is 0. The number of carbonyl (C=O) groups excluding carboxylic acids is 1. The van der Waals surface area contributed by atoms with Crippen molar-refractivity contribution in [1.82, 2.24) is 0 Å². The SMILES string of the molecule is O=C1C=C2CCCCCCCC[C@@H](C1)C2. The summed E-state index contributed by atoms with van der Waals surface area (Å²) in [6, 6.07) is 0. The normalized spacial score (nSPS) is 29.2. The molecule has 0 radical (unpaired) electrons. The fourth-order valence-electron chi connectivity index (χ4n) is 2.94. The van der Waals surface area contributed by atoms with Crippen LogP contribution < -0.4 is 0 Å². The van der Waals surface area contributed by atoms with Crippen LogP contribution in [0.5, 0.6) is 0 Å². The summed E-state index contributed by atoms with van der Waals surface area (Å²) < 4.78 is 0. The lowest BCUT2D eigenvalue weighted by molar-refractivity contribution is -0.116. The molecule has 1 heteroatoms. The topological polar surface area (TPSA) is 17.1 Å². The molecule has 0 aliphatic heterocycles. The largest absolute Gasteiger partial charge is 0.295 e. The van der Waals surface area contributed by atoms with Gasteiger partial charge in [-0.05, 0) is 37.7 Å². The summed E-state index contributed by atoms with van der Waals surface area (Å²) in [5.74, 6) is 1.07. The van der Waals surface area contributed by atoms with Crippen molar-refractivity contribution in [3.05, 3.63) is 11.6 Å². The molecule has 1 saturated carbocycles. The lowest BCUT2D eigenvalue weighted by atomic mass is 9.83. The number of fused-ring (bicyclic) bond motifs is 2. The molecular formula is C14H22O. The van der Waals surface area contributed by atoms with E-state index in [-0.39, 0.29) is 0 Å². The molecule has 2 rings (SSSR count). The summed E-state index contributed by atoms with van der Waals surface area (Å²) >= 11 is 0. The van der Waals surface area contributed by atoms with Crippen molar-refractivity contribution in [3.63, 3.8) is 0 Å². The minimum atomic E-state index is 0.389. The molecular weight excluding hydrogens is 184 g/mol. The van der Waals surface area contributed by atoms with E-state index in [1.807, 2.05) is 6.08 Å². The van der Waals surface area contributed by atoms with Crippen LogP contribution in [0.1, 0.15) is 64.2 Å². The molecule has 0 heterocycles. The molecule has 0 aromatic heterocycles. The van der Waals surface area contributed by atoms with Crippen LogP contribution in [0, 0.1) is 5.92 Å². The third-order valence-corrected chi connectivity index (χ3v) is 3.77. The Balaban J connectivity index is 1.98. The Morgan fingerprint density at radius 1 is 0.933 bits per heavy atom. The monoisotopic (exact) mass is 206 g/mol. The zero-order valence-corrected chi connectivity index (χ0v) is 9.63. The highest BCUT2D eigenvalue weighted by atomic mass is 16.1. The van der Waals surface area contributed by atoms with Gasteiger partial charge in [-0.15, -0.1) is 0 Å². The van der Waals surface area contributed by atoms with Gasteiger partial charge in [-0.1, -0.05) is 37.7 Å². The van der Waals surface area contributed by atoms with E-state index in [1.165, 1.54) is 63.4 Å². The first-order valence-corrected chi connectivity index (χ1v) is 6.57. The smallest absolute Gasteiger partial charge is 0.155 e. The number of allylic oxidation sites excluding steroid dienone is 2. The number of carbonyl (C=O) groups is 1. The summed E-state index contributed by atoms with van der Waals surface area (Å²) in [6.07, 6.45) is 14.6. The Labute approximate surface area is 92.9 Å². The molecule has 84 valence electrons. The van der Waals surface area contributed by atoms with Gasteiger partial charge in [0.2, 0.25) is 0 Å². The Morgan fingerprint density at radius 3 is 2.53 bits per heavy atom. The van der Waals surface area contributed by atoms with Gasteiger partial charge in [0.1, 0.15) is 0 Å². The van der Waals surface area contributed by atoms with Gasteiger partial charge >= 0.3 is 0 Å². The fraction of sp³-hybridized carbons (Fsp3) is 0.786. The number of hydrogen-bond donors (Lipinski definition) is 0. The molecule has 1 atom stereocenters. The third kappa shape index (κ3) is 3.48. The van der Waals surface area contributed by atoms with Crippen LogP contribution in [-0.2, 0) is 4.79 Å². The van der Waals surface area contributed by atoms with Crippen LogP contribution >= 0.6 is 0 Å². The molecule has 0 aromatic carbocycles. The van der Waals surface area contributed by atoms with E-state index in [4.69, 9.17) is 0 Å². The van der Waals surface area contributed by atoms with E-state index in [0.29, 0.717) is 11.7 Å². The van der Waals surface area contributed by atoms with Crippen LogP contribution in [0.15, 0.2) is 11.6 Å². The zero-order valence-electron chi connectivity index (χ0n) is 9.63. The van der Waals surface area contributed by atoms with Gasteiger partial charge < -0.3 is 0 Å². The first-order chi connectivity index (χ1) is 7.34. The highest BCUT2D eigenvalue weighted by Gasteiger charge is 2.20. The Kier molecular flexibility index (Phi) is 3.99. The van der Waals surface area contributed by atoms with Crippen LogP contribution in [0.4, 0.5) is 0 Å². The highest BCUT2D eigenvalue weighted by molar-refractivity contribution is 5.91. The maximum Gasteiger partial charge on any atom is 0.155 e. The predicted molar refractivity (Wildman–Crippen MR) is 62.8 cm³/mol. The van der Waals surface area contributed by atoms with Crippen LogP contribution in [-0.4, -0.2) is 5.78 Å². The first kappa shape index (κ1) is 10.9. The lowest BCUT2D eigenvalue weighted by Gasteiger charge is -2.21. The molecule has 2 aliphatic carbocycles. The molecule has 0 spiro atoms. The van der Waals surface area contributed by atoms with Crippen molar-refractivity contribution in [2.75, 3.05) is 0 Å².